The number of hydrogen-bond donors (Lipinski definition) is 1. The van der Waals surface area contributed by atoms with Crippen molar-refractivity contribution in [2.24, 2.45) is 5.73 Å². The molecule has 0 saturated carbocycles. The van der Waals surface area contributed by atoms with Crippen LogP contribution in [0.25, 0.3) is 0 Å². The summed E-state index contributed by atoms with van der Waals surface area (Å²) < 4.78 is 0. The van der Waals surface area contributed by atoms with Crippen LogP contribution >= 0.6 is 11.8 Å². The Labute approximate surface area is 113 Å². The van der Waals surface area contributed by atoms with Crippen molar-refractivity contribution in [2.45, 2.75) is 24.6 Å². The minimum Gasteiger partial charge on any atom is -0.339 e. The second kappa shape index (κ2) is 5.33. The van der Waals surface area contributed by atoms with Crippen LogP contribution in [0.1, 0.15) is 19.4 Å². The van der Waals surface area contributed by atoms with Gasteiger partial charge in [0.15, 0.2) is 0 Å². The molecule has 0 spiro atoms. The van der Waals surface area contributed by atoms with Crippen molar-refractivity contribution >= 4 is 17.7 Å². The van der Waals surface area contributed by atoms with Crippen molar-refractivity contribution in [2.75, 3.05) is 18.8 Å². The molecule has 2 atom stereocenters. The van der Waals surface area contributed by atoms with Crippen molar-refractivity contribution in [1.82, 2.24) is 4.90 Å². The maximum Gasteiger partial charge on any atom is 0.247 e. The number of thioether (sulfide) groups is 1. The molecule has 1 fully saturated rings. The molecule has 2 N–H and O–H groups in total. The van der Waals surface area contributed by atoms with E-state index < -0.39 is 5.54 Å². The van der Waals surface area contributed by atoms with Gasteiger partial charge in [0.05, 0.1) is 0 Å². The molecule has 4 heteroatoms. The molecular formula is C14H20N2OS. The van der Waals surface area contributed by atoms with E-state index in [4.69, 9.17) is 5.73 Å². The number of nitrogens with two attached hydrogens (primary N) is 1. The largest absolute Gasteiger partial charge is 0.339 e. The predicted octanol–water partition coefficient (Wildman–Crippen LogP) is 1.82. The molecule has 2 unspecified atom stereocenters. The fourth-order valence-corrected chi connectivity index (χ4v) is 3.25. The number of carbonyl (C=O) groups excluding carboxylic acids is 1. The minimum absolute atomic E-state index is 0.0286. The van der Waals surface area contributed by atoms with E-state index in [0.29, 0.717) is 5.25 Å². The van der Waals surface area contributed by atoms with E-state index in [1.54, 1.807) is 6.92 Å². The Balaban J connectivity index is 2.17. The lowest BCUT2D eigenvalue weighted by Crippen LogP contribution is -2.54. The number of rotatable bonds is 2. The molecule has 0 bridgehead atoms. The maximum atomic E-state index is 12.6. The average molecular weight is 264 g/mol. The molecule has 1 aromatic rings. The van der Waals surface area contributed by atoms with Crippen LogP contribution in [0.5, 0.6) is 0 Å². The summed E-state index contributed by atoms with van der Waals surface area (Å²) in [5.41, 5.74) is 6.21. The van der Waals surface area contributed by atoms with Gasteiger partial charge in [-0.1, -0.05) is 37.3 Å². The monoisotopic (exact) mass is 264 g/mol. The van der Waals surface area contributed by atoms with Crippen LogP contribution in [0.3, 0.4) is 0 Å². The van der Waals surface area contributed by atoms with E-state index >= 15 is 0 Å². The van der Waals surface area contributed by atoms with Crippen LogP contribution in [0.15, 0.2) is 30.3 Å². The summed E-state index contributed by atoms with van der Waals surface area (Å²) in [4.78, 5) is 14.5. The number of nitrogens with zero attached hydrogens (tertiary/aromatic N) is 1. The van der Waals surface area contributed by atoms with Crippen molar-refractivity contribution in [3.63, 3.8) is 0 Å². The Kier molecular flexibility index (Phi) is 3.97. The van der Waals surface area contributed by atoms with Gasteiger partial charge in [-0.25, -0.2) is 0 Å². The van der Waals surface area contributed by atoms with Crippen molar-refractivity contribution < 1.29 is 4.79 Å². The lowest BCUT2D eigenvalue weighted by Gasteiger charge is -2.36. The number of carbonyl (C=O) groups is 1. The molecular weight excluding hydrogens is 244 g/mol. The zero-order chi connectivity index (χ0) is 13.2. The van der Waals surface area contributed by atoms with Crippen LogP contribution in [-0.4, -0.2) is 34.9 Å². The standard InChI is InChI=1S/C14H20N2OS/c1-11-10-16(8-9-18-11)13(17)14(2,15)12-6-4-3-5-7-12/h3-7,11H,8-10,15H2,1-2H3. The highest BCUT2D eigenvalue weighted by molar-refractivity contribution is 7.99. The highest BCUT2D eigenvalue weighted by atomic mass is 32.2. The third kappa shape index (κ3) is 2.70. The van der Waals surface area contributed by atoms with Crippen LogP contribution in [0.2, 0.25) is 0 Å². The van der Waals surface area contributed by atoms with Gasteiger partial charge in [-0.15, -0.1) is 0 Å². The van der Waals surface area contributed by atoms with Crippen LogP contribution < -0.4 is 5.73 Å². The highest BCUT2D eigenvalue weighted by Gasteiger charge is 2.35. The summed E-state index contributed by atoms with van der Waals surface area (Å²) in [6, 6.07) is 9.61. The van der Waals surface area contributed by atoms with Crippen molar-refractivity contribution in [3.05, 3.63) is 35.9 Å². The molecule has 1 aliphatic rings. The Bertz CT molecular complexity index is 419. The normalized spacial score (nSPS) is 23.5. The molecule has 18 heavy (non-hydrogen) atoms. The van der Waals surface area contributed by atoms with Gasteiger partial charge in [-0.2, -0.15) is 11.8 Å². The summed E-state index contributed by atoms with van der Waals surface area (Å²) in [6.45, 7) is 5.55. The second-order valence-corrected chi connectivity index (χ2v) is 6.55. The van der Waals surface area contributed by atoms with Crippen LogP contribution in [-0.2, 0) is 10.3 Å². The van der Waals surface area contributed by atoms with Gasteiger partial charge in [-0.3, -0.25) is 4.79 Å². The predicted molar refractivity (Wildman–Crippen MR) is 76.5 cm³/mol. The number of hydrogen-bond acceptors (Lipinski definition) is 3. The minimum atomic E-state index is -0.928. The molecule has 98 valence electrons. The molecule has 1 heterocycles. The summed E-state index contributed by atoms with van der Waals surface area (Å²) in [6.07, 6.45) is 0. The third-order valence-corrected chi connectivity index (χ3v) is 4.48. The first-order chi connectivity index (χ1) is 8.51. The summed E-state index contributed by atoms with van der Waals surface area (Å²) in [5.74, 6) is 1.03. The van der Waals surface area contributed by atoms with Gasteiger partial charge in [0, 0.05) is 24.1 Å². The lowest BCUT2D eigenvalue weighted by molar-refractivity contribution is -0.136. The fourth-order valence-electron chi connectivity index (χ4n) is 2.24. The van der Waals surface area contributed by atoms with Gasteiger partial charge in [0.25, 0.3) is 0 Å². The van der Waals surface area contributed by atoms with Crippen LogP contribution in [0, 0.1) is 0 Å². The maximum absolute atomic E-state index is 12.6. The zero-order valence-electron chi connectivity index (χ0n) is 10.9. The van der Waals surface area contributed by atoms with Crippen molar-refractivity contribution in [1.29, 1.82) is 0 Å². The molecule has 3 nitrogen and oxygen atoms in total. The molecule has 2 rings (SSSR count). The van der Waals surface area contributed by atoms with E-state index in [2.05, 4.69) is 6.92 Å². The Morgan fingerprint density at radius 2 is 2.11 bits per heavy atom. The van der Waals surface area contributed by atoms with Crippen molar-refractivity contribution in [3.8, 4) is 0 Å². The first-order valence-corrected chi connectivity index (χ1v) is 7.32. The van der Waals surface area contributed by atoms with E-state index in [1.807, 2.05) is 47.0 Å². The third-order valence-electron chi connectivity index (χ3n) is 3.35. The first kappa shape index (κ1) is 13.4. The first-order valence-electron chi connectivity index (χ1n) is 6.27. The summed E-state index contributed by atoms with van der Waals surface area (Å²) in [5, 5.41) is 0.495. The molecule has 0 aromatic heterocycles. The quantitative estimate of drug-likeness (QED) is 0.886. The Morgan fingerprint density at radius 1 is 1.44 bits per heavy atom. The molecule has 1 amide bonds. The van der Waals surface area contributed by atoms with Crippen LogP contribution in [0.4, 0.5) is 0 Å². The number of amides is 1. The summed E-state index contributed by atoms with van der Waals surface area (Å²) in [7, 11) is 0. The van der Waals surface area contributed by atoms with Gasteiger partial charge in [0.1, 0.15) is 5.54 Å². The lowest BCUT2D eigenvalue weighted by atomic mass is 9.91. The number of benzene rings is 1. The molecule has 1 aliphatic heterocycles. The van der Waals surface area contributed by atoms with Gasteiger partial charge in [-0.05, 0) is 12.5 Å². The van der Waals surface area contributed by atoms with Gasteiger partial charge >= 0.3 is 0 Å². The van der Waals surface area contributed by atoms with E-state index in [-0.39, 0.29) is 5.91 Å². The van der Waals surface area contributed by atoms with E-state index in [9.17, 15) is 4.79 Å². The topological polar surface area (TPSA) is 46.3 Å². The van der Waals surface area contributed by atoms with E-state index in [1.165, 1.54) is 0 Å². The Morgan fingerprint density at radius 3 is 2.72 bits per heavy atom. The molecule has 0 aliphatic carbocycles. The molecule has 1 aromatic carbocycles. The second-order valence-electron chi connectivity index (χ2n) is 5.00. The van der Waals surface area contributed by atoms with Gasteiger partial charge in [0.2, 0.25) is 5.91 Å². The smallest absolute Gasteiger partial charge is 0.247 e. The fraction of sp³-hybridized carbons (Fsp3) is 0.500. The average Bonchev–Trinajstić information content (AvgIpc) is 2.39. The van der Waals surface area contributed by atoms with E-state index in [0.717, 1.165) is 24.4 Å². The van der Waals surface area contributed by atoms with Gasteiger partial charge < -0.3 is 10.6 Å². The SMILES string of the molecule is CC1CN(C(=O)C(C)(N)c2ccccc2)CCS1. The Hall–Kier alpha value is -1.00. The zero-order valence-corrected chi connectivity index (χ0v) is 11.7. The highest BCUT2D eigenvalue weighted by Crippen LogP contribution is 2.24. The summed E-state index contributed by atoms with van der Waals surface area (Å²) >= 11 is 1.91. The molecule has 0 radical (unpaired) electrons. The molecule has 1 saturated heterocycles.